The first kappa shape index (κ1) is 18.2. The highest BCUT2D eigenvalue weighted by Gasteiger charge is 2.20. The van der Waals surface area contributed by atoms with Gasteiger partial charge in [-0.15, -0.1) is 0 Å². The van der Waals surface area contributed by atoms with Crippen molar-refractivity contribution in [3.8, 4) is 11.3 Å². The Morgan fingerprint density at radius 2 is 1.75 bits per heavy atom. The van der Waals surface area contributed by atoms with Gasteiger partial charge in [-0.25, -0.2) is 19.0 Å². The van der Waals surface area contributed by atoms with Crippen LogP contribution in [-0.4, -0.2) is 62.4 Å². The van der Waals surface area contributed by atoms with Gasteiger partial charge >= 0.3 is 0 Å². The highest BCUT2D eigenvalue weighted by atomic mass is 19.1. The van der Waals surface area contributed by atoms with Crippen LogP contribution in [0.1, 0.15) is 0 Å². The van der Waals surface area contributed by atoms with Crippen molar-refractivity contribution in [2.75, 3.05) is 37.6 Å². The molecule has 4 heterocycles. The number of aromatic nitrogens is 5. The van der Waals surface area contributed by atoms with E-state index < -0.39 is 5.82 Å². The lowest BCUT2D eigenvalue weighted by Gasteiger charge is -2.35. The lowest BCUT2D eigenvalue weighted by Crippen LogP contribution is -2.48. The molecule has 0 aliphatic carbocycles. The molecule has 4 rings (SSSR count). The average Bonchev–Trinajstić information content (AvgIpc) is 2.75. The van der Waals surface area contributed by atoms with Gasteiger partial charge in [0, 0.05) is 56.7 Å². The summed E-state index contributed by atoms with van der Waals surface area (Å²) in [6.45, 7) is 4.08. The van der Waals surface area contributed by atoms with E-state index in [0.29, 0.717) is 32.0 Å². The quantitative estimate of drug-likeness (QED) is 0.654. The van der Waals surface area contributed by atoms with Gasteiger partial charge in [-0.1, -0.05) is 0 Å². The maximum atomic E-state index is 13.8. The Morgan fingerprint density at radius 1 is 0.964 bits per heavy atom. The third kappa shape index (κ3) is 4.04. The second kappa shape index (κ2) is 8.22. The molecule has 1 fully saturated rings. The summed E-state index contributed by atoms with van der Waals surface area (Å²) in [6, 6.07) is 6.99. The van der Waals surface area contributed by atoms with Crippen molar-refractivity contribution in [1.82, 2.24) is 29.6 Å². The van der Waals surface area contributed by atoms with Crippen LogP contribution >= 0.6 is 0 Å². The van der Waals surface area contributed by atoms with E-state index in [4.69, 9.17) is 0 Å². The molecule has 3 aromatic heterocycles. The van der Waals surface area contributed by atoms with Crippen molar-refractivity contribution in [3.05, 3.63) is 65.4 Å². The minimum atomic E-state index is -0.403. The molecular formula is C19H20FN7O. The Labute approximate surface area is 161 Å². The summed E-state index contributed by atoms with van der Waals surface area (Å²) in [5.41, 5.74) is 1.54. The Hall–Kier alpha value is -3.20. The molecule has 0 unspecified atom stereocenters. The highest BCUT2D eigenvalue weighted by Crippen LogP contribution is 2.16. The normalized spacial score (nSPS) is 15.0. The summed E-state index contributed by atoms with van der Waals surface area (Å²) < 4.78 is 15.3. The summed E-state index contributed by atoms with van der Waals surface area (Å²) in [5, 5.41) is 4.47. The fraction of sp³-hybridized carbons (Fsp3) is 0.316. The maximum Gasteiger partial charge on any atom is 0.266 e. The van der Waals surface area contributed by atoms with Crippen molar-refractivity contribution in [2.45, 2.75) is 6.54 Å². The molecule has 9 heteroatoms. The van der Waals surface area contributed by atoms with Crippen LogP contribution in [0.5, 0.6) is 0 Å². The molecule has 0 N–H and O–H groups in total. The van der Waals surface area contributed by atoms with Gasteiger partial charge in [0.1, 0.15) is 6.33 Å². The van der Waals surface area contributed by atoms with Gasteiger partial charge in [-0.3, -0.25) is 14.7 Å². The van der Waals surface area contributed by atoms with E-state index in [-0.39, 0.29) is 5.56 Å². The number of halogens is 1. The molecule has 0 atom stereocenters. The molecule has 3 aromatic rings. The van der Waals surface area contributed by atoms with Crippen LogP contribution in [-0.2, 0) is 6.54 Å². The van der Waals surface area contributed by atoms with Crippen LogP contribution in [0.15, 0.2) is 54.0 Å². The molecule has 0 bridgehead atoms. The Bertz CT molecular complexity index is 987. The number of hydrogen-bond donors (Lipinski definition) is 0. The zero-order valence-corrected chi connectivity index (χ0v) is 15.3. The predicted molar refractivity (Wildman–Crippen MR) is 102 cm³/mol. The second-order valence-corrected chi connectivity index (χ2v) is 6.54. The molecule has 28 heavy (non-hydrogen) atoms. The summed E-state index contributed by atoms with van der Waals surface area (Å²) in [7, 11) is 0. The Balaban J connectivity index is 1.37. The SMILES string of the molecule is O=c1ccc(-c2ccncc2)nn1CCN1CCN(c2ncncc2F)CC1. The molecule has 144 valence electrons. The van der Waals surface area contributed by atoms with Gasteiger partial charge in [-0.2, -0.15) is 5.10 Å². The highest BCUT2D eigenvalue weighted by molar-refractivity contribution is 5.56. The molecule has 0 amide bonds. The van der Waals surface area contributed by atoms with E-state index in [2.05, 4.69) is 25.0 Å². The van der Waals surface area contributed by atoms with E-state index in [1.54, 1.807) is 24.5 Å². The third-order valence-electron chi connectivity index (χ3n) is 4.79. The third-order valence-corrected chi connectivity index (χ3v) is 4.79. The molecule has 1 saturated heterocycles. The monoisotopic (exact) mass is 381 g/mol. The van der Waals surface area contributed by atoms with Crippen molar-refractivity contribution < 1.29 is 4.39 Å². The molecule has 0 spiro atoms. The van der Waals surface area contributed by atoms with Crippen molar-refractivity contribution in [1.29, 1.82) is 0 Å². The zero-order chi connectivity index (χ0) is 19.3. The number of pyridine rings is 1. The first-order valence-corrected chi connectivity index (χ1v) is 9.12. The number of nitrogens with zero attached hydrogens (tertiary/aromatic N) is 7. The van der Waals surface area contributed by atoms with Gasteiger partial charge in [0.25, 0.3) is 5.56 Å². The lowest BCUT2D eigenvalue weighted by molar-refractivity contribution is 0.241. The van der Waals surface area contributed by atoms with E-state index in [1.165, 1.54) is 17.2 Å². The molecule has 1 aliphatic heterocycles. The van der Waals surface area contributed by atoms with Gasteiger partial charge < -0.3 is 4.90 Å². The van der Waals surface area contributed by atoms with E-state index >= 15 is 0 Å². The molecule has 1 aliphatic rings. The maximum absolute atomic E-state index is 13.8. The number of piperazine rings is 1. The Morgan fingerprint density at radius 3 is 2.50 bits per heavy atom. The summed E-state index contributed by atoms with van der Waals surface area (Å²) >= 11 is 0. The zero-order valence-electron chi connectivity index (χ0n) is 15.3. The molecule has 0 radical (unpaired) electrons. The van der Waals surface area contributed by atoms with Crippen LogP contribution in [0.2, 0.25) is 0 Å². The van der Waals surface area contributed by atoms with E-state index in [1.807, 2.05) is 17.0 Å². The van der Waals surface area contributed by atoms with Crippen LogP contribution in [0.4, 0.5) is 10.2 Å². The van der Waals surface area contributed by atoms with Crippen molar-refractivity contribution in [3.63, 3.8) is 0 Å². The number of rotatable bonds is 5. The largest absolute Gasteiger partial charge is 0.352 e. The summed E-state index contributed by atoms with van der Waals surface area (Å²) in [4.78, 5) is 28.0. The van der Waals surface area contributed by atoms with Gasteiger partial charge in [-0.05, 0) is 18.2 Å². The predicted octanol–water partition coefficient (Wildman–Crippen LogP) is 1.06. The van der Waals surface area contributed by atoms with Gasteiger partial charge in [0.2, 0.25) is 0 Å². The van der Waals surface area contributed by atoms with Gasteiger partial charge in [0.15, 0.2) is 11.6 Å². The van der Waals surface area contributed by atoms with Crippen LogP contribution in [0.25, 0.3) is 11.3 Å². The fourth-order valence-corrected chi connectivity index (χ4v) is 3.24. The lowest BCUT2D eigenvalue weighted by atomic mass is 10.2. The number of hydrogen-bond acceptors (Lipinski definition) is 7. The Kier molecular flexibility index (Phi) is 5.34. The number of anilines is 1. The first-order valence-electron chi connectivity index (χ1n) is 9.12. The molecule has 0 saturated carbocycles. The molecular weight excluding hydrogens is 361 g/mol. The first-order chi connectivity index (χ1) is 13.7. The smallest absolute Gasteiger partial charge is 0.266 e. The average molecular weight is 381 g/mol. The van der Waals surface area contributed by atoms with Crippen LogP contribution in [0, 0.1) is 5.82 Å². The minimum absolute atomic E-state index is 0.125. The molecule has 0 aromatic carbocycles. The molecule has 8 nitrogen and oxygen atoms in total. The van der Waals surface area contributed by atoms with E-state index in [9.17, 15) is 9.18 Å². The van der Waals surface area contributed by atoms with Crippen LogP contribution < -0.4 is 10.5 Å². The standard InChI is InChI=1S/C19H20FN7O/c20-16-13-22-14-23-19(16)26-10-7-25(8-11-26)9-12-27-18(28)2-1-17(24-27)15-3-5-21-6-4-15/h1-6,13-14H,7-12H2. The fourth-order valence-electron chi connectivity index (χ4n) is 3.24. The summed E-state index contributed by atoms with van der Waals surface area (Å²) in [6.07, 6.45) is 5.94. The topological polar surface area (TPSA) is 80.0 Å². The summed E-state index contributed by atoms with van der Waals surface area (Å²) in [5.74, 6) is -0.0581. The second-order valence-electron chi connectivity index (χ2n) is 6.54. The van der Waals surface area contributed by atoms with Crippen molar-refractivity contribution >= 4 is 5.82 Å². The van der Waals surface area contributed by atoms with Crippen LogP contribution in [0.3, 0.4) is 0 Å². The van der Waals surface area contributed by atoms with Crippen molar-refractivity contribution in [2.24, 2.45) is 0 Å². The van der Waals surface area contributed by atoms with Gasteiger partial charge in [0.05, 0.1) is 18.4 Å². The minimum Gasteiger partial charge on any atom is -0.352 e. The van der Waals surface area contributed by atoms with E-state index in [0.717, 1.165) is 24.3 Å².